The molecule has 2 fully saturated rings. The van der Waals surface area contributed by atoms with Crippen molar-refractivity contribution in [3.05, 3.63) is 35.6 Å². The van der Waals surface area contributed by atoms with Gasteiger partial charge in [0.15, 0.2) is 0 Å². The van der Waals surface area contributed by atoms with Gasteiger partial charge in [-0.15, -0.1) is 0 Å². The first-order valence-electron chi connectivity index (χ1n) is 7.43. The quantitative estimate of drug-likeness (QED) is 0.828. The van der Waals surface area contributed by atoms with Crippen LogP contribution >= 0.6 is 0 Å². The summed E-state index contributed by atoms with van der Waals surface area (Å²) < 4.78 is 13.3. The molecular formula is C16H21FN2O. The van der Waals surface area contributed by atoms with Crippen LogP contribution in [0.25, 0.3) is 0 Å². The number of hydrogen-bond donors (Lipinski definition) is 0. The summed E-state index contributed by atoms with van der Waals surface area (Å²) in [7, 11) is 2.14. The monoisotopic (exact) mass is 276 g/mol. The van der Waals surface area contributed by atoms with Crippen LogP contribution in [0.3, 0.4) is 0 Å². The highest BCUT2D eigenvalue weighted by molar-refractivity contribution is 5.94. The fourth-order valence-corrected chi connectivity index (χ4v) is 3.65. The van der Waals surface area contributed by atoms with E-state index >= 15 is 0 Å². The lowest BCUT2D eigenvalue weighted by atomic mass is 10.0. The van der Waals surface area contributed by atoms with Gasteiger partial charge in [-0.05, 0) is 57.5 Å². The van der Waals surface area contributed by atoms with Crippen molar-refractivity contribution in [2.45, 2.75) is 37.8 Å². The van der Waals surface area contributed by atoms with E-state index in [9.17, 15) is 9.18 Å². The van der Waals surface area contributed by atoms with Crippen molar-refractivity contribution in [3.8, 4) is 0 Å². The average molecular weight is 276 g/mol. The molecule has 0 aromatic heterocycles. The number of hydrogen-bond acceptors (Lipinski definition) is 2. The van der Waals surface area contributed by atoms with Crippen molar-refractivity contribution in [3.63, 3.8) is 0 Å². The molecule has 2 heterocycles. The lowest BCUT2D eigenvalue weighted by molar-refractivity contribution is 0.0664. The molecule has 3 rings (SSSR count). The highest BCUT2D eigenvalue weighted by Crippen LogP contribution is 2.30. The summed E-state index contributed by atoms with van der Waals surface area (Å²) in [5.74, 6) is -0.364. The van der Waals surface area contributed by atoms with Gasteiger partial charge >= 0.3 is 0 Å². The summed E-state index contributed by atoms with van der Waals surface area (Å²) in [5.41, 5.74) is 0.470. The third-order valence-electron chi connectivity index (χ3n) is 4.65. The Bertz CT molecular complexity index is 505. The van der Waals surface area contributed by atoms with Crippen LogP contribution in [0.15, 0.2) is 24.3 Å². The topological polar surface area (TPSA) is 23.6 Å². The van der Waals surface area contributed by atoms with Crippen molar-refractivity contribution in [1.82, 2.24) is 9.80 Å². The molecule has 2 atom stereocenters. The van der Waals surface area contributed by atoms with Crippen LogP contribution in [0.4, 0.5) is 4.39 Å². The number of benzene rings is 1. The molecule has 3 nitrogen and oxygen atoms in total. The number of carbonyl (C=O) groups is 1. The normalized spacial score (nSPS) is 27.2. The first-order valence-corrected chi connectivity index (χ1v) is 7.43. The third-order valence-corrected chi connectivity index (χ3v) is 4.65. The molecule has 0 spiro atoms. The molecule has 4 heteroatoms. The Hall–Kier alpha value is -1.42. The molecular weight excluding hydrogens is 255 g/mol. The van der Waals surface area contributed by atoms with Crippen LogP contribution in [0, 0.1) is 5.82 Å². The van der Waals surface area contributed by atoms with E-state index in [2.05, 4.69) is 11.9 Å². The summed E-state index contributed by atoms with van der Waals surface area (Å²) in [5, 5.41) is 0. The third kappa shape index (κ3) is 2.44. The van der Waals surface area contributed by atoms with Crippen LogP contribution in [0.2, 0.25) is 0 Å². The van der Waals surface area contributed by atoms with Crippen molar-refractivity contribution in [1.29, 1.82) is 0 Å². The highest BCUT2D eigenvalue weighted by Gasteiger charge is 2.38. The second kappa shape index (κ2) is 5.52. The van der Waals surface area contributed by atoms with E-state index in [1.807, 2.05) is 4.90 Å². The molecule has 20 heavy (non-hydrogen) atoms. The van der Waals surface area contributed by atoms with Crippen molar-refractivity contribution >= 4 is 5.91 Å². The van der Waals surface area contributed by atoms with Crippen LogP contribution in [0.5, 0.6) is 0 Å². The van der Waals surface area contributed by atoms with E-state index in [1.165, 1.54) is 18.6 Å². The number of nitrogens with zero attached hydrogens (tertiary/aromatic N) is 2. The van der Waals surface area contributed by atoms with Crippen LogP contribution in [-0.4, -0.2) is 47.9 Å². The minimum Gasteiger partial charge on any atom is -0.334 e. The smallest absolute Gasteiger partial charge is 0.254 e. The summed E-state index contributed by atoms with van der Waals surface area (Å²) in [4.78, 5) is 16.9. The van der Waals surface area contributed by atoms with Gasteiger partial charge in [-0.25, -0.2) is 4.39 Å². The Labute approximate surface area is 119 Å². The maximum absolute atomic E-state index is 13.3. The lowest BCUT2D eigenvalue weighted by Gasteiger charge is -2.33. The van der Waals surface area contributed by atoms with Gasteiger partial charge in [-0.3, -0.25) is 4.79 Å². The molecule has 1 amide bonds. The molecule has 1 aromatic rings. The minimum atomic E-state index is -0.343. The van der Waals surface area contributed by atoms with E-state index in [0.29, 0.717) is 17.6 Å². The van der Waals surface area contributed by atoms with Crippen LogP contribution < -0.4 is 0 Å². The molecule has 0 radical (unpaired) electrons. The van der Waals surface area contributed by atoms with E-state index in [1.54, 1.807) is 12.1 Å². The molecule has 2 aliphatic heterocycles. The Morgan fingerprint density at radius 3 is 2.65 bits per heavy atom. The molecule has 0 N–H and O–H groups in total. The first kappa shape index (κ1) is 13.6. The van der Waals surface area contributed by atoms with Crippen molar-refractivity contribution < 1.29 is 9.18 Å². The molecule has 0 bridgehead atoms. The number of carbonyl (C=O) groups excluding carboxylic acids is 1. The zero-order chi connectivity index (χ0) is 14.1. The zero-order valence-electron chi connectivity index (χ0n) is 11.9. The van der Waals surface area contributed by atoms with Gasteiger partial charge in [0.05, 0.1) is 0 Å². The summed E-state index contributed by atoms with van der Waals surface area (Å²) in [6, 6.07) is 6.79. The largest absolute Gasteiger partial charge is 0.334 e. The van der Waals surface area contributed by atoms with Gasteiger partial charge in [-0.2, -0.15) is 0 Å². The van der Waals surface area contributed by atoms with Gasteiger partial charge in [0.2, 0.25) is 0 Å². The number of likely N-dealkylation sites (tertiary alicyclic amines) is 2. The number of likely N-dealkylation sites (N-methyl/N-ethyl adjacent to an activating group) is 1. The maximum Gasteiger partial charge on any atom is 0.254 e. The number of rotatable bonds is 2. The second-order valence-corrected chi connectivity index (χ2v) is 5.91. The van der Waals surface area contributed by atoms with E-state index < -0.39 is 0 Å². The minimum absolute atomic E-state index is 0.0210. The summed E-state index contributed by atoms with van der Waals surface area (Å²) in [6.45, 7) is 1.91. The average Bonchev–Trinajstić information content (AvgIpc) is 3.06. The molecule has 0 aliphatic carbocycles. The second-order valence-electron chi connectivity index (χ2n) is 5.91. The predicted molar refractivity (Wildman–Crippen MR) is 76.1 cm³/mol. The van der Waals surface area contributed by atoms with Crippen LogP contribution in [0.1, 0.15) is 36.0 Å². The van der Waals surface area contributed by atoms with Gasteiger partial charge in [-0.1, -0.05) is 6.07 Å². The van der Waals surface area contributed by atoms with E-state index in [-0.39, 0.29) is 11.7 Å². The molecule has 2 saturated heterocycles. The predicted octanol–water partition coefficient (Wildman–Crippen LogP) is 2.52. The number of amides is 1. The molecule has 1 aromatic carbocycles. The molecule has 0 saturated carbocycles. The summed E-state index contributed by atoms with van der Waals surface area (Å²) in [6.07, 6.45) is 4.49. The fourth-order valence-electron chi connectivity index (χ4n) is 3.65. The Kier molecular flexibility index (Phi) is 3.74. The molecule has 0 unspecified atom stereocenters. The first-order chi connectivity index (χ1) is 9.66. The van der Waals surface area contributed by atoms with E-state index in [4.69, 9.17) is 0 Å². The SMILES string of the molecule is CN1CCC[C@H]1[C@H]1CCCN1C(=O)c1cccc(F)c1. The van der Waals surface area contributed by atoms with Crippen molar-refractivity contribution in [2.75, 3.05) is 20.1 Å². The standard InChI is InChI=1S/C16H21FN2O/c1-18-9-3-7-14(18)15-8-4-10-19(15)16(20)12-5-2-6-13(17)11-12/h2,5-6,11,14-15H,3-4,7-10H2,1H3/t14-,15+/m0/s1. The lowest BCUT2D eigenvalue weighted by Crippen LogP contribution is -2.47. The number of halogens is 1. The van der Waals surface area contributed by atoms with Gasteiger partial charge in [0.1, 0.15) is 5.82 Å². The maximum atomic E-state index is 13.3. The molecule has 108 valence electrons. The van der Waals surface area contributed by atoms with Gasteiger partial charge in [0, 0.05) is 24.2 Å². The van der Waals surface area contributed by atoms with Gasteiger partial charge in [0.25, 0.3) is 5.91 Å². The van der Waals surface area contributed by atoms with Crippen molar-refractivity contribution in [2.24, 2.45) is 0 Å². The Morgan fingerprint density at radius 2 is 1.95 bits per heavy atom. The highest BCUT2D eigenvalue weighted by atomic mass is 19.1. The van der Waals surface area contributed by atoms with Crippen LogP contribution in [-0.2, 0) is 0 Å². The zero-order valence-corrected chi connectivity index (χ0v) is 11.9. The fraction of sp³-hybridized carbons (Fsp3) is 0.562. The summed E-state index contributed by atoms with van der Waals surface area (Å²) >= 11 is 0. The Morgan fingerprint density at radius 1 is 1.20 bits per heavy atom. The van der Waals surface area contributed by atoms with E-state index in [0.717, 1.165) is 32.4 Å². The Balaban J connectivity index is 1.79. The van der Waals surface area contributed by atoms with Gasteiger partial charge < -0.3 is 9.80 Å². The molecule has 2 aliphatic rings.